The van der Waals surface area contributed by atoms with Gasteiger partial charge in [-0.05, 0) is 49.4 Å². The van der Waals surface area contributed by atoms with Crippen LogP contribution in [-0.2, 0) is 16.0 Å². The van der Waals surface area contributed by atoms with E-state index in [0.717, 1.165) is 17.0 Å². The highest BCUT2D eigenvalue weighted by molar-refractivity contribution is 6.22. The summed E-state index contributed by atoms with van der Waals surface area (Å²) in [5.74, 6) is -0.674. The summed E-state index contributed by atoms with van der Waals surface area (Å²) in [6.07, 6.45) is 4.63. The molecule has 0 unspecified atom stereocenters. The third-order valence-corrected chi connectivity index (χ3v) is 6.05. The van der Waals surface area contributed by atoms with Crippen molar-refractivity contribution in [3.05, 3.63) is 58.4 Å². The van der Waals surface area contributed by atoms with E-state index in [1.54, 1.807) is 18.3 Å². The average molecular weight is 408 g/mol. The molecule has 8 heteroatoms. The highest BCUT2D eigenvalue weighted by atomic mass is 16.6. The van der Waals surface area contributed by atoms with Gasteiger partial charge in [0.15, 0.2) is 0 Å². The van der Waals surface area contributed by atoms with E-state index in [9.17, 15) is 19.7 Å². The van der Waals surface area contributed by atoms with Crippen LogP contribution in [0, 0.1) is 27.9 Å². The zero-order chi connectivity index (χ0) is 21.3. The molecule has 2 heterocycles. The number of imide groups is 1. The fourth-order valence-electron chi connectivity index (χ4n) is 4.48. The number of nitro benzene ring substituents is 1. The summed E-state index contributed by atoms with van der Waals surface area (Å²) in [4.78, 5) is 42.3. The molecule has 1 N–H and O–H groups in total. The predicted octanol–water partition coefficient (Wildman–Crippen LogP) is 3.57. The third kappa shape index (κ3) is 3.77. The summed E-state index contributed by atoms with van der Waals surface area (Å²) >= 11 is 0. The maximum atomic E-state index is 12.9. The normalized spacial score (nSPS) is 23.4. The van der Waals surface area contributed by atoms with Gasteiger partial charge in [-0.3, -0.25) is 24.7 Å². The van der Waals surface area contributed by atoms with Gasteiger partial charge in [-0.15, -0.1) is 0 Å². The molecule has 3 atom stereocenters. The Morgan fingerprint density at radius 3 is 2.70 bits per heavy atom. The molecule has 2 aromatic rings. The van der Waals surface area contributed by atoms with E-state index >= 15 is 0 Å². The van der Waals surface area contributed by atoms with Crippen molar-refractivity contribution in [2.24, 2.45) is 17.8 Å². The second-order valence-electron chi connectivity index (χ2n) is 8.10. The number of nitrogens with zero attached hydrogens (tertiary/aromatic N) is 3. The number of pyridine rings is 1. The van der Waals surface area contributed by atoms with E-state index in [2.05, 4.69) is 17.2 Å². The molecule has 156 valence electrons. The Kier molecular flexibility index (Phi) is 5.48. The standard InChI is InChI=1S/C22H24N4O4/c1-14-5-7-17-18(12-14)22(28)25(21(17)27)16-6-8-19(20(13-16)26(29)30)24-11-9-15-4-2-3-10-23-15/h2-4,6,8,10,13-14,17-18,24H,5,7,9,11-12H2,1H3/t14-,17-,18-/m1/s1. The minimum atomic E-state index is -0.493. The smallest absolute Gasteiger partial charge is 0.294 e. The maximum Gasteiger partial charge on any atom is 0.294 e. The summed E-state index contributed by atoms with van der Waals surface area (Å²) in [5, 5.41) is 14.7. The highest BCUT2D eigenvalue weighted by Crippen LogP contribution is 2.43. The van der Waals surface area contributed by atoms with Crippen molar-refractivity contribution >= 4 is 28.9 Å². The second-order valence-corrected chi connectivity index (χ2v) is 8.10. The van der Waals surface area contributed by atoms with Crippen LogP contribution in [0.25, 0.3) is 0 Å². The van der Waals surface area contributed by atoms with E-state index in [-0.39, 0.29) is 35.0 Å². The van der Waals surface area contributed by atoms with Crippen LogP contribution in [0.4, 0.5) is 17.1 Å². The fraction of sp³-hybridized carbons (Fsp3) is 0.409. The summed E-state index contributed by atoms with van der Waals surface area (Å²) in [6, 6.07) is 10.1. The number of nitrogens with one attached hydrogen (secondary N) is 1. The van der Waals surface area contributed by atoms with Crippen molar-refractivity contribution in [2.75, 3.05) is 16.8 Å². The first kappa shape index (κ1) is 20.0. The van der Waals surface area contributed by atoms with Crippen LogP contribution in [0.15, 0.2) is 42.6 Å². The first-order chi connectivity index (χ1) is 14.5. The number of carbonyl (C=O) groups is 2. The number of rotatable bonds is 6. The Morgan fingerprint density at radius 1 is 1.17 bits per heavy atom. The van der Waals surface area contributed by atoms with Crippen molar-refractivity contribution in [1.82, 2.24) is 4.98 Å². The third-order valence-electron chi connectivity index (χ3n) is 6.05. The zero-order valence-corrected chi connectivity index (χ0v) is 16.8. The van der Waals surface area contributed by atoms with E-state index in [1.165, 1.54) is 6.07 Å². The van der Waals surface area contributed by atoms with Gasteiger partial charge in [-0.25, -0.2) is 4.90 Å². The second kappa shape index (κ2) is 8.22. The minimum absolute atomic E-state index is 0.155. The average Bonchev–Trinajstić information content (AvgIpc) is 2.98. The molecule has 30 heavy (non-hydrogen) atoms. The van der Waals surface area contributed by atoms with Gasteiger partial charge >= 0.3 is 0 Å². The van der Waals surface area contributed by atoms with Crippen LogP contribution in [0.1, 0.15) is 31.9 Å². The lowest BCUT2D eigenvalue weighted by molar-refractivity contribution is -0.383. The number of hydrogen-bond donors (Lipinski definition) is 1. The molecule has 1 saturated heterocycles. The van der Waals surface area contributed by atoms with Crippen molar-refractivity contribution < 1.29 is 14.5 Å². The molecule has 1 aromatic carbocycles. The monoisotopic (exact) mass is 408 g/mol. The van der Waals surface area contributed by atoms with Gasteiger partial charge in [0.05, 0.1) is 22.4 Å². The molecule has 2 fully saturated rings. The molecule has 4 rings (SSSR count). The molecule has 1 aliphatic carbocycles. The topological polar surface area (TPSA) is 105 Å². The SMILES string of the molecule is C[C@@H]1CC[C@H]2C(=O)N(c3ccc(NCCc4ccccn4)c([N+](=O)[O-])c3)C(=O)[C@@H]2C1. The highest BCUT2D eigenvalue weighted by Gasteiger charge is 2.50. The molecule has 8 nitrogen and oxygen atoms in total. The number of nitro groups is 1. The number of aromatic nitrogens is 1. The number of amides is 2. The number of hydrogen-bond acceptors (Lipinski definition) is 6. The van der Waals surface area contributed by atoms with Gasteiger partial charge in [0, 0.05) is 30.9 Å². The molecule has 0 radical (unpaired) electrons. The Morgan fingerprint density at radius 2 is 1.97 bits per heavy atom. The largest absolute Gasteiger partial charge is 0.379 e. The molecule has 1 saturated carbocycles. The molecule has 2 aliphatic rings. The van der Waals surface area contributed by atoms with Crippen LogP contribution in [0.3, 0.4) is 0 Å². The van der Waals surface area contributed by atoms with Gasteiger partial charge < -0.3 is 5.32 Å². The van der Waals surface area contributed by atoms with Crippen LogP contribution >= 0.6 is 0 Å². The van der Waals surface area contributed by atoms with Crippen LogP contribution < -0.4 is 10.2 Å². The lowest BCUT2D eigenvalue weighted by Crippen LogP contribution is -2.31. The van der Waals surface area contributed by atoms with Crippen LogP contribution in [0.2, 0.25) is 0 Å². The van der Waals surface area contributed by atoms with Gasteiger partial charge in [0.25, 0.3) is 5.69 Å². The Bertz CT molecular complexity index is 978. The Labute approximate surface area is 174 Å². The molecule has 0 spiro atoms. The van der Waals surface area contributed by atoms with E-state index in [0.29, 0.717) is 37.4 Å². The van der Waals surface area contributed by atoms with Gasteiger partial charge in [0.2, 0.25) is 11.8 Å². The van der Waals surface area contributed by atoms with Gasteiger partial charge in [-0.1, -0.05) is 13.0 Å². The predicted molar refractivity (Wildman–Crippen MR) is 112 cm³/mol. The number of fused-ring (bicyclic) bond motifs is 1. The summed E-state index contributed by atoms with van der Waals surface area (Å²) < 4.78 is 0. The lowest BCUT2D eigenvalue weighted by Gasteiger charge is -2.25. The lowest BCUT2D eigenvalue weighted by atomic mass is 9.76. The molecular formula is C22H24N4O4. The molecule has 2 amide bonds. The van der Waals surface area contributed by atoms with Crippen molar-refractivity contribution in [1.29, 1.82) is 0 Å². The summed E-state index contributed by atoms with van der Waals surface area (Å²) in [5.41, 5.74) is 1.35. The molecular weight excluding hydrogens is 384 g/mol. The van der Waals surface area contributed by atoms with Crippen LogP contribution in [-0.4, -0.2) is 28.3 Å². The number of carbonyl (C=O) groups excluding carboxylic acids is 2. The van der Waals surface area contributed by atoms with Crippen molar-refractivity contribution in [3.63, 3.8) is 0 Å². The first-order valence-electron chi connectivity index (χ1n) is 10.3. The molecule has 1 aliphatic heterocycles. The van der Waals surface area contributed by atoms with E-state index < -0.39 is 4.92 Å². The van der Waals surface area contributed by atoms with E-state index in [1.807, 2.05) is 18.2 Å². The van der Waals surface area contributed by atoms with Crippen molar-refractivity contribution in [2.45, 2.75) is 32.6 Å². The first-order valence-corrected chi connectivity index (χ1v) is 10.3. The van der Waals surface area contributed by atoms with Gasteiger partial charge in [-0.2, -0.15) is 0 Å². The number of benzene rings is 1. The van der Waals surface area contributed by atoms with Crippen molar-refractivity contribution in [3.8, 4) is 0 Å². The van der Waals surface area contributed by atoms with Crippen LogP contribution in [0.5, 0.6) is 0 Å². The van der Waals surface area contributed by atoms with Gasteiger partial charge in [0.1, 0.15) is 5.69 Å². The molecule has 1 aromatic heterocycles. The fourth-order valence-corrected chi connectivity index (χ4v) is 4.48. The Hall–Kier alpha value is -3.29. The Balaban J connectivity index is 1.53. The number of anilines is 2. The maximum absolute atomic E-state index is 12.9. The zero-order valence-electron chi connectivity index (χ0n) is 16.8. The quantitative estimate of drug-likeness (QED) is 0.445. The summed E-state index contributed by atoms with van der Waals surface area (Å²) in [7, 11) is 0. The molecule has 0 bridgehead atoms. The summed E-state index contributed by atoms with van der Waals surface area (Å²) in [6.45, 7) is 2.56. The minimum Gasteiger partial charge on any atom is -0.379 e. The van der Waals surface area contributed by atoms with E-state index in [4.69, 9.17) is 0 Å².